The Balaban J connectivity index is 2.07. The van der Waals surface area contributed by atoms with Gasteiger partial charge in [0.15, 0.2) is 0 Å². The third kappa shape index (κ3) is 2.88. The maximum Gasteiger partial charge on any atom is 0.258 e. The molecule has 0 amide bonds. The van der Waals surface area contributed by atoms with Crippen LogP contribution >= 0.6 is 11.6 Å². The van der Waals surface area contributed by atoms with E-state index in [0.29, 0.717) is 16.4 Å². The molecule has 21 heavy (non-hydrogen) atoms. The maximum absolute atomic E-state index is 12.0. The molecular weight excluding hydrogens is 284 g/mol. The highest BCUT2D eigenvalue weighted by Gasteiger charge is 2.05. The van der Waals surface area contributed by atoms with E-state index in [1.165, 1.54) is 16.0 Å². The number of halogens is 1. The number of aryl methyl sites for hydroxylation is 1. The van der Waals surface area contributed by atoms with E-state index in [-0.39, 0.29) is 5.56 Å². The zero-order valence-electron chi connectivity index (χ0n) is 11.5. The van der Waals surface area contributed by atoms with Crippen molar-refractivity contribution < 1.29 is 0 Å². The van der Waals surface area contributed by atoms with Crippen molar-refractivity contribution in [3.63, 3.8) is 0 Å². The summed E-state index contributed by atoms with van der Waals surface area (Å²) < 4.78 is 1.49. The second-order valence-corrected chi connectivity index (χ2v) is 5.22. The van der Waals surface area contributed by atoms with Crippen LogP contribution in [0.25, 0.3) is 16.8 Å². The van der Waals surface area contributed by atoms with Crippen molar-refractivity contribution in [1.29, 1.82) is 0 Å². The fraction of sp³-hybridized carbons (Fsp3) is 0.0588. The summed E-state index contributed by atoms with van der Waals surface area (Å²) in [7, 11) is 0. The van der Waals surface area contributed by atoms with E-state index in [9.17, 15) is 4.79 Å². The topological polar surface area (TPSA) is 34.4 Å². The molecule has 0 radical (unpaired) electrons. The van der Waals surface area contributed by atoms with Gasteiger partial charge in [0, 0.05) is 12.3 Å². The molecule has 0 atom stereocenters. The largest absolute Gasteiger partial charge is 0.269 e. The number of benzene rings is 1. The summed E-state index contributed by atoms with van der Waals surface area (Å²) in [5.41, 5.74) is 3.07. The highest BCUT2D eigenvalue weighted by molar-refractivity contribution is 6.51. The van der Waals surface area contributed by atoms with Crippen molar-refractivity contribution in [3.8, 4) is 0 Å². The molecule has 0 N–H and O–H groups in total. The second kappa shape index (κ2) is 5.54. The molecule has 4 heteroatoms. The normalized spacial score (nSPS) is 11.8. The van der Waals surface area contributed by atoms with E-state index in [1.807, 2.05) is 43.3 Å². The maximum atomic E-state index is 12.0. The van der Waals surface area contributed by atoms with Crippen LogP contribution in [-0.2, 0) is 0 Å². The molecule has 0 fully saturated rings. The third-order valence-corrected chi connectivity index (χ3v) is 3.49. The molecule has 2 aromatic heterocycles. The lowest BCUT2D eigenvalue weighted by Crippen LogP contribution is -2.14. The van der Waals surface area contributed by atoms with Gasteiger partial charge in [-0.25, -0.2) is 4.98 Å². The Labute approximate surface area is 127 Å². The van der Waals surface area contributed by atoms with E-state index in [4.69, 9.17) is 11.6 Å². The fourth-order valence-corrected chi connectivity index (χ4v) is 2.28. The molecule has 3 aromatic rings. The van der Waals surface area contributed by atoms with E-state index in [1.54, 1.807) is 18.3 Å². The van der Waals surface area contributed by atoms with Gasteiger partial charge in [0.25, 0.3) is 5.56 Å². The van der Waals surface area contributed by atoms with Gasteiger partial charge in [-0.2, -0.15) is 0 Å². The van der Waals surface area contributed by atoms with Gasteiger partial charge in [0.2, 0.25) is 0 Å². The molecule has 0 spiro atoms. The summed E-state index contributed by atoms with van der Waals surface area (Å²) in [5.74, 6) is 0. The third-order valence-electron chi connectivity index (χ3n) is 3.19. The van der Waals surface area contributed by atoms with Gasteiger partial charge < -0.3 is 0 Å². The monoisotopic (exact) mass is 296 g/mol. The number of aromatic nitrogens is 2. The lowest BCUT2D eigenvalue weighted by atomic mass is 10.1. The molecule has 0 aliphatic rings. The molecule has 1 aromatic carbocycles. The molecule has 3 rings (SSSR count). The van der Waals surface area contributed by atoms with Crippen LogP contribution in [0.5, 0.6) is 0 Å². The van der Waals surface area contributed by atoms with Crippen molar-refractivity contribution in [2.75, 3.05) is 0 Å². The average Bonchev–Trinajstić information content (AvgIpc) is 2.49. The van der Waals surface area contributed by atoms with Crippen LogP contribution in [0, 0.1) is 6.92 Å². The second-order valence-electron chi connectivity index (χ2n) is 4.81. The van der Waals surface area contributed by atoms with Gasteiger partial charge in [-0.1, -0.05) is 47.5 Å². The van der Waals surface area contributed by atoms with Crippen LogP contribution in [0.2, 0.25) is 0 Å². The minimum Gasteiger partial charge on any atom is -0.269 e. The molecule has 0 saturated heterocycles. The summed E-state index contributed by atoms with van der Waals surface area (Å²) in [5, 5.41) is 0.447. The van der Waals surface area contributed by atoms with Crippen LogP contribution in [0.3, 0.4) is 0 Å². The SMILES string of the molecule is Cc1ccc(/C=C(/Cl)c2cc(=O)n3ccccc3n2)cc1. The first-order valence-corrected chi connectivity index (χ1v) is 6.94. The Morgan fingerprint density at radius 2 is 1.95 bits per heavy atom. The number of pyridine rings is 1. The Kier molecular flexibility index (Phi) is 3.59. The van der Waals surface area contributed by atoms with Gasteiger partial charge in [-0.05, 0) is 30.7 Å². The smallest absolute Gasteiger partial charge is 0.258 e. The van der Waals surface area contributed by atoms with Gasteiger partial charge >= 0.3 is 0 Å². The zero-order chi connectivity index (χ0) is 14.8. The Morgan fingerprint density at radius 1 is 1.19 bits per heavy atom. The van der Waals surface area contributed by atoms with Crippen molar-refractivity contribution in [1.82, 2.24) is 9.38 Å². The molecule has 0 bridgehead atoms. The molecule has 2 heterocycles. The molecule has 0 aliphatic heterocycles. The summed E-state index contributed by atoms with van der Waals surface area (Å²) in [6.07, 6.45) is 3.49. The van der Waals surface area contributed by atoms with Crippen molar-refractivity contribution in [3.05, 3.63) is 81.9 Å². The molecule has 0 unspecified atom stereocenters. The van der Waals surface area contributed by atoms with E-state index >= 15 is 0 Å². The van der Waals surface area contributed by atoms with Crippen LogP contribution < -0.4 is 5.56 Å². The summed E-state index contributed by atoms with van der Waals surface area (Å²) >= 11 is 6.30. The van der Waals surface area contributed by atoms with E-state index in [0.717, 1.165) is 5.56 Å². The first kappa shape index (κ1) is 13.6. The molecule has 3 nitrogen and oxygen atoms in total. The predicted octanol–water partition coefficient (Wildman–Crippen LogP) is 3.74. The Morgan fingerprint density at radius 3 is 2.71 bits per heavy atom. The van der Waals surface area contributed by atoms with E-state index in [2.05, 4.69) is 4.98 Å². The standard InChI is InChI=1S/C17H13ClN2O/c1-12-5-7-13(8-6-12)10-14(18)15-11-17(21)20-9-3-2-4-16(20)19-15/h2-11H,1H3/b14-10+. The summed E-state index contributed by atoms with van der Waals surface area (Å²) in [6, 6.07) is 14.8. The average molecular weight is 297 g/mol. The molecule has 0 aliphatic carbocycles. The lowest BCUT2D eigenvalue weighted by Gasteiger charge is -2.03. The van der Waals surface area contributed by atoms with Gasteiger partial charge in [-0.15, -0.1) is 0 Å². The molecule has 104 valence electrons. The van der Waals surface area contributed by atoms with Crippen LogP contribution in [-0.4, -0.2) is 9.38 Å². The Hall–Kier alpha value is -2.39. The minimum absolute atomic E-state index is 0.147. The number of rotatable bonds is 2. The van der Waals surface area contributed by atoms with Crippen molar-refractivity contribution >= 4 is 28.4 Å². The molecule has 0 saturated carbocycles. The van der Waals surface area contributed by atoms with Gasteiger partial charge in [0.05, 0.1) is 10.7 Å². The first-order chi connectivity index (χ1) is 10.1. The van der Waals surface area contributed by atoms with Crippen LogP contribution in [0.15, 0.2) is 59.5 Å². The summed E-state index contributed by atoms with van der Waals surface area (Å²) in [4.78, 5) is 16.5. The van der Waals surface area contributed by atoms with Crippen molar-refractivity contribution in [2.45, 2.75) is 6.92 Å². The van der Waals surface area contributed by atoms with Crippen LogP contribution in [0.1, 0.15) is 16.8 Å². The fourth-order valence-electron chi connectivity index (χ4n) is 2.06. The lowest BCUT2D eigenvalue weighted by molar-refractivity contribution is 1.04. The van der Waals surface area contributed by atoms with E-state index < -0.39 is 0 Å². The number of hydrogen-bond donors (Lipinski definition) is 0. The minimum atomic E-state index is -0.147. The van der Waals surface area contributed by atoms with Crippen LogP contribution in [0.4, 0.5) is 0 Å². The van der Waals surface area contributed by atoms with Gasteiger partial charge in [0.1, 0.15) is 5.65 Å². The number of nitrogens with zero attached hydrogens (tertiary/aromatic N) is 2. The zero-order valence-corrected chi connectivity index (χ0v) is 12.2. The highest BCUT2D eigenvalue weighted by Crippen LogP contribution is 2.20. The highest BCUT2D eigenvalue weighted by atomic mass is 35.5. The quantitative estimate of drug-likeness (QED) is 0.722. The predicted molar refractivity (Wildman–Crippen MR) is 86.4 cm³/mol. The summed E-state index contributed by atoms with van der Waals surface area (Å²) in [6.45, 7) is 2.03. The first-order valence-electron chi connectivity index (χ1n) is 6.56. The van der Waals surface area contributed by atoms with Crippen molar-refractivity contribution in [2.24, 2.45) is 0 Å². The van der Waals surface area contributed by atoms with Gasteiger partial charge in [-0.3, -0.25) is 9.20 Å². The Bertz CT molecular complexity index is 879. The number of fused-ring (bicyclic) bond motifs is 1. The number of hydrogen-bond acceptors (Lipinski definition) is 2. The molecular formula is C17H13ClN2O.